The first-order valence-corrected chi connectivity index (χ1v) is 29.5. The van der Waals surface area contributed by atoms with Crippen molar-refractivity contribution in [3.8, 4) is 44.5 Å². The van der Waals surface area contributed by atoms with E-state index in [1.165, 1.54) is 140 Å². The number of benzene rings is 10. The van der Waals surface area contributed by atoms with Gasteiger partial charge < -0.3 is 14.6 Å². The van der Waals surface area contributed by atoms with Crippen molar-refractivity contribution < 1.29 is 0 Å². The Morgan fingerprint density at radius 3 is 1.59 bits per heavy atom. The van der Waals surface area contributed by atoms with Gasteiger partial charge in [0.1, 0.15) is 0 Å². The zero-order valence-corrected chi connectivity index (χ0v) is 48.9. The zero-order valence-electron chi connectivity index (χ0n) is 48.9. The molecule has 0 atom stereocenters. The van der Waals surface area contributed by atoms with Crippen molar-refractivity contribution in [3.05, 3.63) is 250 Å². The maximum atomic E-state index is 2.86. The first-order valence-electron chi connectivity index (χ1n) is 29.5. The van der Waals surface area contributed by atoms with Gasteiger partial charge in [0, 0.05) is 61.8 Å². The van der Waals surface area contributed by atoms with Crippen LogP contribution >= 0.6 is 0 Å². The van der Waals surface area contributed by atoms with Crippen LogP contribution in [-0.2, 0) is 21.7 Å². The molecule has 10 aromatic carbocycles. The molecule has 0 spiro atoms. The van der Waals surface area contributed by atoms with Gasteiger partial charge in [0.25, 0.3) is 0 Å². The highest BCUT2D eigenvalue weighted by molar-refractivity contribution is 6.94. The molecule has 0 radical (unpaired) electrons. The van der Waals surface area contributed by atoms with Crippen molar-refractivity contribution in [1.29, 1.82) is 0 Å². The number of fused-ring (bicyclic) bond motifs is 11. The summed E-state index contributed by atoms with van der Waals surface area (Å²) in [7, 11) is 0. The number of aryl methyl sites for hydroxylation is 3. The summed E-state index contributed by atoms with van der Waals surface area (Å²) in [6.07, 6.45) is 2.32. The fourth-order valence-corrected chi connectivity index (χ4v) is 15.6. The van der Waals surface area contributed by atoms with Crippen molar-refractivity contribution in [2.45, 2.75) is 111 Å². The Morgan fingerprint density at radius 1 is 0.383 bits per heavy atom. The van der Waals surface area contributed by atoms with Gasteiger partial charge in [-0.05, 0) is 187 Å². The molecule has 0 amide bonds. The number of nitrogens with zero attached hydrogens (tertiary/aromatic N) is 3. The van der Waals surface area contributed by atoms with E-state index in [1.54, 1.807) is 0 Å². The van der Waals surface area contributed by atoms with E-state index < -0.39 is 0 Å². The van der Waals surface area contributed by atoms with E-state index in [9.17, 15) is 0 Å². The quantitative estimate of drug-likeness (QED) is 0.154. The van der Waals surface area contributed by atoms with Crippen LogP contribution in [0.1, 0.15) is 118 Å². The van der Waals surface area contributed by atoms with Crippen molar-refractivity contribution in [2.75, 3.05) is 14.6 Å². The molecule has 4 heteroatoms. The van der Waals surface area contributed by atoms with Crippen LogP contribution in [0.15, 0.2) is 200 Å². The lowest BCUT2D eigenvalue weighted by Gasteiger charge is -2.51. The van der Waals surface area contributed by atoms with Crippen LogP contribution in [0.3, 0.4) is 0 Å². The summed E-state index contributed by atoms with van der Waals surface area (Å²) in [5, 5.41) is 0. The predicted molar refractivity (Wildman–Crippen MR) is 345 cm³/mol. The molecular formula is C77H70BN3. The van der Waals surface area contributed by atoms with Crippen LogP contribution in [0.2, 0.25) is 0 Å². The molecule has 3 aliphatic heterocycles. The van der Waals surface area contributed by atoms with Crippen molar-refractivity contribution in [3.63, 3.8) is 0 Å². The highest BCUT2D eigenvalue weighted by Crippen LogP contribution is 2.61. The highest BCUT2D eigenvalue weighted by Gasteiger charge is 2.52. The Labute approximate surface area is 480 Å². The third-order valence-corrected chi connectivity index (χ3v) is 20.0. The second kappa shape index (κ2) is 17.3. The summed E-state index contributed by atoms with van der Waals surface area (Å²) in [5.41, 5.74) is 34.4. The predicted octanol–water partition coefficient (Wildman–Crippen LogP) is 19.4. The Bertz CT molecular complexity index is 4200. The smallest absolute Gasteiger partial charge is 0.333 e. The molecule has 0 saturated carbocycles. The van der Waals surface area contributed by atoms with E-state index in [-0.39, 0.29) is 28.5 Å². The molecule has 15 rings (SSSR count). The molecule has 0 N–H and O–H groups in total. The summed E-state index contributed by atoms with van der Waals surface area (Å²) in [6, 6.07) is 77.0. The minimum absolute atomic E-state index is 0.0123. The molecule has 396 valence electrons. The number of hydrogen-bond acceptors (Lipinski definition) is 3. The zero-order chi connectivity index (χ0) is 55.6. The molecular weight excluding hydrogens is 978 g/mol. The van der Waals surface area contributed by atoms with Crippen molar-refractivity contribution >= 4 is 63.3 Å². The number of para-hydroxylation sites is 2. The molecule has 0 unspecified atom stereocenters. The van der Waals surface area contributed by atoms with E-state index in [1.807, 2.05) is 0 Å². The Morgan fingerprint density at radius 2 is 0.951 bits per heavy atom. The molecule has 0 fully saturated rings. The summed E-state index contributed by atoms with van der Waals surface area (Å²) < 4.78 is 0. The van der Waals surface area contributed by atoms with Gasteiger partial charge in [-0.3, -0.25) is 0 Å². The van der Waals surface area contributed by atoms with E-state index in [0.29, 0.717) is 0 Å². The average Bonchev–Trinajstić information content (AvgIpc) is 3.43. The first-order chi connectivity index (χ1) is 38.9. The van der Waals surface area contributed by atoms with Gasteiger partial charge in [-0.25, -0.2) is 0 Å². The Hall–Kier alpha value is -8.34. The van der Waals surface area contributed by atoms with Crippen LogP contribution in [0.5, 0.6) is 0 Å². The standard InChI is InChI=1S/C77H70BN3/c1-47-41-52(50-23-14-12-15-24-50)33-37-65(47)79(66-38-34-53(42-48(66)2)51-25-16-13-17-26-51)54-44-57-55-35-36-60-70(56-27-18-19-28-58(56)76(60,8)9)72(55)81(68-46-63-62(43-49(68)3)74(4,5)39-40-75(63,6)7)78-64-31-22-30-61-73(64)80(69(45-54)71(57)78)67-32-21-20-29-59(67)77(61,10)11/h12-38,41-46H,39-40H2,1-11H3. The van der Waals surface area contributed by atoms with Crippen LogP contribution < -0.4 is 25.5 Å². The molecule has 0 aromatic heterocycles. The third-order valence-electron chi connectivity index (χ3n) is 20.0. The Balaban J connectivity index is 1.08. The molecule has 10 aromatic rings. The Kier molecular flexibility index (Phi) is 10.6. The minimum atomic E-state index is -0.267. The number of rotatable bonds is 6. The molecule has 3 heterocycles. The molecule has 5 aliphatic rings. The number of hydrogen-bond donors (Lipinski definition) is 0. The van der Waals surface area contributed by atoms with E-state index in [2.05, 4.69) is 291 Å². The van der Waals surface area contributed by atoms with Crippen LogP contribution in [0.4, 0.5) is 45.5 Å². The number of anilines is 8. The molecule has 81 heavy (non-hydrogen) atoms. The van der Waals surface area contributed by atoms with E-state index in [4.69, 9.17) is 0 Å². The van der Waals surface area contributed by atoms with Gasteiger partial charge in [0.05, 0.1) is 5.69 Å². The molecule has 0 bridgehead atoms. The van der Waals surface area contributed by atoms with Gasteiger partial charge in [-0.1, -0.05) is 207 Å². The lowest BCUT2D eigenvalue weighted by Crippen LogP contribution is -2.62. The maximum absolute atomic E-state index is 2.86. The summed E-state index contributed by atoms with van der Waals surface area (Å²) >= 11 is 0. The largest absolute Gasteiger partial charge is 0.376 e. The summed E-state index contributed by atoms with van der Waals surface area (Å²) in [4.78, 5) is 8.12. The van der Waals surface area contributed by atoms with Gasteiger partial charge in [0.2, 0.25) is 0 Å². The van der Waals surface area contributed by atoms with Crippen LogP contribution in [0, 0.1) is 20.8 Å². The topological polar surface area (TPSA) is 9.72 Å². The molecule has 0 saturated heterocycles. The van der Waals surface area contributed by atoms with Gasteiger partial charge in [-0.15, -0.1) is 0 Å². The lowest BCUT2D eigenvalue weighted by molar-refractivity contribution is 0.332. The molecule has 2 aliphatic carbocycles. The molecule has 3 nitrogen and oxygen atoms in total. The summed E-state index contributed by atoms with van der Waals surface area (Å²) in [6.45, 7) is 26.5. The third kappa shape index (κ3) is 7.08. The fourth-order valence-electron chi connectivity index (χ4n) is 15.6. The maximum Gasteiger partial charge on any atom is 0.333 e. The van der Waals surface area contributed by atoms with Crippen LogP contribution in [0.25, 0.3) is 44.5 Å². The second-order valence-corrected chi connectivity index (χ2v) is 26.5. The van der Waals surface area contributed by atoms with Crippen molar-refractivity contribution in [1.82, 2.24) is 0 Å². The lowest BCUT2D eigenvalue weighted by atomic mass is 9.42. The van der Waals surface area contributed by atoms with Crippen molar-refractivity contribution in [2.24, 2.45) is 0 Å². The average molecular weight is 1050 g/mol. The van der Waals surface area contributed by atoms with Gasteiger partial charge in [0.15, 0.2) is 0 Å². The van der Waals surface area contributed by atoms with Gasteiger partial charge in [-0.2, -0.15) is 0 Å². The minimum Gasteiger partial charge on any atom is -0.376 e. The summed E-state index contributed by atoms with van der Waals surface area (Å²) in [5.74, 6) is 0. The monoisotopic (exact) mass is 1050 g/mol. The highest BCUT2D eigenvalue weighted by atomic mass is 15.2. The van der Waals surface area contributed by atoms with Crippen LogP contribution in [-0.4, -0.2) is 6.85 Å². The fraction of sp³-hybridized carbons (Fsp3) is 0.221. The normalized spacial score (nSPS) is 16.6. The first kappa shape index (κ1) is 49.7. The van der Waals surface area contributed by atoms with E-state index >= 15 is 0 Å². The van der Waals surface area contributed by atoms with Gasteiger partial charge >= 0.3 is 6.85 Å². The second-order valence-electron chi connectivity index (χ2n) is 26.5. The van der Waals surface area contributed by atoms with E-state index in [0.717, 1.165) is 23.5 Å². The SMILES string of the molecule is Cc1cc2c(cc1N1B3c4cccc5c4N(c4ccccc4C5(C)C)c4cc(N(c5ccc(-c6ccccc6)cc5C)c5ccc(-c6ccccc6)cc5C)cc(c43)-c3ccc4c(c31)-c1ccccc1C4(C)C)C(C)(C)CCC2(C)C.